The fourth-order valence-corrected chi connectivity index (χ4v) is 1.00. The van der Waals surface area contributed by atoms with Crippen LogP contribution in [0, 0.1) is 0 Å². The molecule has 1 rings (SSSR count). The van der Waals surface area contributed by atoms with Crippen LogP contribution in [0.3, 0.4) is 0 Å². The fraction of sp³-hybridized carbons (Fsp3) is 0.333. The summed E-state index contributed by atoms with van der Waals surface area (Å²) in [5.74, 6) is -0.298. The monoisotopic (exact) mass is 195 g/mol. The third kappa shape index (κ3) is 2.20. The standard InChI is InChI=1S/C9H13N3O2/c1-2-14-9(13)7-3-6(4-10)5-12-8(7)11/h3,5H,2,4,10H2,1H3,(H2,11,12). The molecule has 0 spiro atoms. The van der Waals surface area contributed by atoms with Crippen LogP contribution in [0.2, 0.25) is 0 Å². The van der Waals surface area contributed by atoms with Crippen LogP contribution in [-0.4, -0.2) is 17.6 Å². The molecule has 0 radical (unpaired) electrons. The van der Waals surface area contributed by atoms with Crippen LogP contribution in [0.25, 0.3) is 0 Å². The van der Waals surface area contributed by atoms with Crippen molar-refractivity contribution in [2.24, 2.45) is 5.73 Å². The van der Waals surface area contributed by atoms with Crippen molar-refractivity contribution in [2.75, 3.05) is 12.3 Å². The van der Waals surface area contributed by atoms with Gasteiger partial charge in [0.1, 0.15) is 11.4 Å². The van der Waals surface area contributed by atoms with Crippen LogP contribution in [0.15, 0.2) is 12.3 Å². The maximum atomic E-state index is 11.4. The maximum Gasteiger partial charge on any atom is 0.341 e. The molecule has 0 aliphatic carbocycles. The number of carbonyl (C=O) groups excluding carboxylic acids is 1. The summed E-state index contributed by atoms with van der Waals surface area (Å²) in [4.78, 5) is 15.2. The second-order valence-corrected chi connectivity index (χ2v) is 2.70. The average molecular weight is 195 g/mol. The number of esters is 1. The smallest absolute Gasteiger partial charge is 0.341 e. The number of aromatic nitrogens is 1. The van der Waals surface area contributed by atoms with Gasteiger partial charge >= 0.3 is 5.97 Å². The van der Waals surface area contributed by atoms with Crippen molar-refractivity contribution < 1.29 is 9.53 Å². The zero-order valence-electron chi connectivity index (χ0n) is 7.99. The van der Waals surface area contributed by atoms with Crippen molar-refractivity contribution in [1.29, 1.82) is 0 Å². The second kappa shape index (κ2) is 4.57. The lowest BCUT2D eigenvalue weighted by molar-refractivity contribution is 0.0527. The third-order valence-corrected chi connectivity index (χ3v) is 1.71. The lowest BCUT2D eigenvalue weighted by atomic mass is 10.2. The zero-order chi connectivity index (χ0) is 10.6. The number of nitrogens with two attached hydrogens (primary N) is 2. The first-order valence-corrected chi connectivity index (χ1v) is 4.30. The van der Waals surface area contributed by atoms with Crippen molar-refractivity contribution in [2.45, 2.75) is 13.5 Å². The van der Waals surface area contributed by atoms with Crippen LogP contribution >= 0.6 is 0 Å². The van der Waals surface area contributed by atoms with Gasteiger partial charge in [-0.2, -0.15) is 0 Å². The number of rotatable bonds is 3. The number of carbonyl (C=O) groups is 1. The SMILES string of the molecule is CCOC(=O)c1cc(CN)cnc1N. The van der Waals surface area contributed by atoms with Crippen molar-refractivity contribution in [3.63, 3.8) is 0 Å². The molecule has 76 valence electrons. The van der Waals surface area contributed by atoms with Crippen LogP contribution in [0.5, 0.6) is 0 Å². The van der Waals surface area contributed by atoms with Crippen LogP contribution < -0.4 is 11.5 Å². The molecule has 4 N–H and O–H groups in total. The Morgan fingerprint density at radius 1 is 1.64 bits per heavy atom. The van der Waals surface area contributed by atoms with Gasteiger partial charge in [-0.3, -0.25) is 0 Å². The first-order chi connectivity index (χ1) is 6.69. The Morgan fingerprint density at radius 3 is 2.93 bits per heavy atom. The van der Waals surface area contributed by atoms with E-state index in [1.54, 1.807) is 13.0 Å². The molecule has 14 heavy (non-hydrogen) atoms. The third-order valence-electron chi connectivity index (χ3n) is 1.71. The largest absolute Gasteiger partial charge is 0.462 e. The first kappa shape index (κ1) is 10.5. The lowest BCUT2D eigenvalue weighted by Gasteiger charge is -2.05. The quantitative estimate of drug-likeness (QED) is 0.677. The molecule has 1 heterocycles. The first-order valence-electron chi connectivity index (χ1n) is 4.30. The minimum Gasteiger partial charge on any atom is -0.462 e. The highest BCUT2D eigenvalue weighted by atomic mass is 16.5. The summed E-state index contributed by atoms with van der Waals surface area (Å²) in [5, 5.41) is 0. The summed E-state index contributed by atoms with van der Waals surface area (Å²) >= 11 is 0. The lowest BCUT2D eigenvalue weighted by Crippen LogP contribution is -2.11. The Morgan fingerprint density at radius 2 is 2.36 bits per heavy atom. The number of hydrogen-bond acceptors (Lipinski definition) is 5. The summed E-state index contributed by atoms with van der Waals surface area (Å²) < 4.78 is 4.81. The van der Waals surface area contributed by atoms with E-state index in [1.165, 1.54) is 6.20 Å². The Hall–Kier alpha value is -1.62. The van der Waals surface area contributed by atoms with E-state index in [1.807, 2.05) is 0 Å². The van der Waals surface area contributed by atoms with E-state index in [0.717, 1.165) is 5.56 Å². The van der Waals surface area contributed by atoms with E-state index in [9.17, 15) is 4.79 Å². The highest BCUT2D eigenvalue weighted by Gasteiger charge is 2.11. The summed E-state index contributed by atoms with van der Waals surface area (Å²) in [6.07, 6.45) is 1.54. The Labute approximate surface area is 82.1 Å². The minimum absolute atomic E-state index is 0.167. The van der Waals surface area contributed by atoms with Crippen molar-refractivity contribution in [3.8, 4) is 0 Å². The van der Waals surface area contributed by atoms with Gasteiger partial charge in [0.15, 0.2) is 0 Å². The molecule has 1 aromatic heterocycles. The number of anilines is 1. The molecule has 0 aliphatic heterocycles. The van der Waals surface area contributed by atoms with Gasteiger partial charge in [0.2, 0.25) is 0 Å². The molecule has 0 aliphatic rings. The predicted octanol–water partition coefficient (Wildman–Crippen LogP) is 0.299. The topological polar surface area (TPSA) is 91.2 Å². The number of nitrogen functional groups attached to an aromatic ring is 1. The molecule has 0 atom stereocenters. The molecule has 1 aromatic rings. The molecular weight excluding hydrogens is 182 g/mol. The van der Waals surface area contributed by atoms with E-state index in [4.69, 9.17) is 16.2 Å². The van der Waals surface area contributed by atoms with Gasteiger partial charge < -0.3 is 16.2 Å². The normalized spacial score (nSPS) is 9.86. The van der Waals surface area contributed by atoms with Gasteiger partial charge in [-0.15, -0.1) is 0 Å². The van der Waals surface area contributed by atoms with Crippen molar-refractivity contribution in [1.82, 2.24) is 4.98 Å². The molecule has 5 heteroatoms. The van der Waals surface area contributed by atoms with Crippen LogP contribution in [0.1, 0.15) is 22.8 Å². The molecule has 0 amide bonds. The average Bonchev–Trinajstić information content (AvgIpc) is 2.19. The van der Waals surface area contributed by atoms with Gasteiger partial charge in [-0.1, -0.05) is 0 Å². The predicted molar refractivity (Wildman–Crippen MR) is 52.5 cm³/mol. The van der Waals surface area contributed by atoms with Crippen LogP contribution in [0.4, 0.5) is 5.82 Å². The molecule has 0 fully saturated rings. The van der Waals surface area contributed by atoms with Gasteiger partial charge in [0.05, 0.1) is 6.61 Å². The highest BCUT2D eigenvalue weighted by Crippen LogP contribution is 2.11. The summed E-state index contributed by atoms with van der Waals surface area (Å²) in [7, 11) is 0. The second-order valence-electron chi connectivity index (χ2n) is 2.70. The van der Waals surface area contributed by atoms with E-state index in [2.05, 4.69) is 4.98 Å². The minimum atomic E-state index is -0.465. The summed E-state index contributed by atoms with van der Waals surface area (Å²) in [6, 6.07) is 1.60. The number of nitrogens with zero attached hydrogens (tertiary/aromatic N) is 1. The molecular formula is C9H13N3O2. The number of pyridine rings is 1. The van der Waals surface area contributed by atoms with Crippen molar-refractivity contribution in [3.05, 3.63) is 23.4 Å². The highest BCUT2D eigenvalue weighted by molar-refractivity contribution is 5.94. The molecule has 0 unspecified atom stereocenters. The van der Waals surface area contributed by atoms with Crippen molar-refractivity contribution >= 4 is 11.8 Å². The Bertz CT molecular complexity index is 339. The molecule has 0 aromatic carbocycles. The Kier molecular flexibility index (Phi) is 3.41. The van der Waals surface area contributed by atoms with E-state index in [-0.39, 0.29) is 11.4 Å². The van der Waals surface area contributed by atoms with E-state index >= 15 is 0 Å². The molecule has 0 saturated heterocycles. The number of ether oxygens (including phenoxy) is 1. The van der Waals surface area contributed by atoms with Gasteiger partial charge in [-0.25, -0.2) is 9.78 Å². The van der Waals surface area contributed by atoms with Crippen LogP contribution in [-0.2, 0) is 11.3 Å². The molecule has 5 nitrogen and oxygen atoms in total. The summed E-state index contributed by atoms with van der Waals surface area (Å²) in [6.45, 7) is 2.36. The van der Waals surface area contributed by atoms with Gasteiger partial charge in [-0.05, 0) is 18.6 Å². The van der Waals surface area contributed by atoms with Gasteiger partial charge in [0, 0.05) is 12.7 Å². The molecule has 0 saturated carbocycles. The fourth-order valence-electron chi connectivity index (χ4n) is 1.00. The Balaban J connectivity index is 2.99. The number of hydrogen-bond donors (Lipinski definition) is 2. The summed E-state index contributed by atoms with van der Waals surface area (Å²) in [5.41, 5.74) is 12.0. The maximum absolute atomic E-state index is 11.4. The molecule has 0 bridgehead atoms. The van der Waals surface area contributed by atoms with Gasteiger partial charge in [0.25, 0.3) is 0 Å². The van der Waals surface area contributed by atoms with E-state index < -0.39 is 5.97 Å². The van der Waals surface area contributed by atoms with E-state index in [0.29, 0.717) is 13.2 Å². The zero-order valence-corrected chi connectivity index (χ0v) is 7.99.